The van der Waals surface area contributed by atoms with E-state index in [1.165, 1.54) is 23.4 Å². The highest BCUT2D eigenvalue weighted by atomic mass is 19.1. The molecule has 0 aliphatic carbocycles. The molecule has 0 radical (unpaired) electrons. The molecule has 9 nitrogen and oxygen atoms in total. The molecule has 2 aromatic heterocycles. The van der Waals surface area contributed by atoms with Crippen molar-refractivity contribution < 1.29 is 14.0 Å². The second kappa shape index (κ2) is 9.13. The Labute approximate surface area is 184 Å². The Morgan fingerprint density at radius 1 is 1.16 bits per heavy atom. The molecule has 1 aliphatic heterocycles. The Kier molecular flexibility index (Phi) is 6.11. The second-order valence-corrected chi connectivity index (χ2v) is 7.70. The average molecular weight is 437 g/mol. The lowest BCUT2D eigenvalue weighted by atomic mass is 10.1. The number of hydrogen-bond acceptors (Lipinski definition) is 6. The first-order valence-corrected chi connectivity index (χ1v) is 10.3. The number of rotatable bonds is 7. The van der Waals surface area contributed by atoms with E-state index in [9.17, 15) is 14.0 Å². The zero-order valence-electron chi connectivity index (χ0n) is 17.9. The number of hydrogen-bond donors (Lipinski definition) is 2. The van der Waals surface area contributed by atoms with Crippen LogP contribution in [0.5, 0.6) is 0 Å². The molecule has 4 rings (SSSR count). The van der Waals surface area contributed by atoms with Gasteiger partial charge in [-0.3, -0.25) is 9.59 Å². The molecule has 1 saturated heterocycles. The summed E-state index contributed by atoms with van der Waals surface area (Å²) in [7, 11) is 0. The zero-order valence-corrected chi connectivity index (χ0v) is 17.9. The molecule has 2 N–H and O–H groups in total. The Morgan fingerprint density at radius 3 is 2.66 bits per heavy atom. The molecule has 10 heteroatoms. The molecule has 166 valence electrons. The van der Waals surface area contributed by atoms with Crippen LogP contribution in [-0.2, 0) is 9.59 Å². The first-order valence-electron chi connectivity index (χ1n) is 10.3. The van der Waals surface area contributed by atoms with Gasteiger partial charge in [0, 0.05) is 43.5 Å². The fourth-order valence-electron chi connectivity index (χ4n) is 3.69. The van der Waals surface area contributed by atoms with Gasteiger partial charge >= 0.3 is 0 Å². The van der Waals surface area contributed by atoms with E-state index in [0.717, 1.165) is 11.4 Å². The summed E-state index contributed by atoms with van der Waals surface area (Å²) in [5.41, 5.74) is 2.47. The fraction of sp³-hybridized carbons (Fsp3) is 0.318. The Balaban J connectivity index is 1.27. The standard InChI is InChI=1S/C22H24FN7O2/c1-14-9-15(2)30(28-14)20-11-19(26-13-27-20)24-7-8-25-22(32)16-10-21(31)29(12-16)18-5-3-17(23)4-6-18/h3-6,9,11,13,16H,7-8,10,12H2,1-2H3,(H,25,32)(H,24,26,27)/t16-/m0/s1. The van der Waals surface area contributed by atoms with Crippen LogP contribution in [0.3, 0.4) is 0 Å². The summed E-state index contributed by atoms with van der Waals surface area (Å²) in [6.45, 7) is 4.99. The number of aryl methyl sites for hydroxylation is 2. The lowest BCUT2D eigenvalue weighted by Crippen LogP contribution is -2.35. The van der Waals surface area contributed by atoms with Crippen molar-refractivity contribution in [3.05, 3.63) is 59.9 Å². The lowest BCUT2D eigenvalue weighted by molar-refractivity contribution is -0.126. The molecule has 32 heavy (non-hydrogen) atoms. The minimum Gasteiger partial charge on any atom is -0.368 e. The third kappa shape index (κ3) is 4.74. The Bertz CT molecular complexity index is 1130. The third-order valence-electron chi connectivity index (χ3n) is 5.24. The van der Waals surface area contributed by atoms with Crippen molar-refractivity contribution in [1.82, 2.24) is 25.1 Å². The summed E-state index contributed by atoms with van der Waals surface area (Å²) in [5, 5.41) is 10.4. The summed E-state index contributed by atoms with van der Waals surface area (Å²) in [6, 6.07) is 9.44. The Hall–Kier alpha value is -3.82. The van der Waals surface area contributed by atoms with E-state index in [-0.39, 0.29) is 30.6 Å². The molecule has 1 fully saturated rings. The minimum absolute atomic E-state index is 0.133. The summed E-state index contributed by atoms with van der Waals surface area (Å²) in [4.78, 5) is 34.8. The molecule has 1 aliphatic rings. The van der Waals surface area contributed by atoms with Crippen molar-refractivity contribution >= 4 is 23.3 Å². The molecule has 1 atom stereocenters. The van der Waals surface area contributed by atoms with Crippen LogP contribution in [0.15, 0.2) is 42.7 Å². The normalized spacial score (nSPS) is 15.8. The third-order valence-corrected chi connectivity index (χ3v) is 5.24. The lowest BCUT2D eigenvalue weighted by Gasteiger charge is -2.16. The number of amides is 2. The number of benzene rings is 1. The molecule has 0 bridgehead atoms. The van der Waals surface area contributed by atoms with E-state index in [1.54, 1.807) is 22.9 Å². The van der Waals surface area contributed by atoms with Gasteiger partial charge in [0.2, 0.25) is 11.8 Å². The number of nitrogens with one attached hydrogen (secondary N) is 2. The maximum absolute atomic E-state index is 13.1. The molecule has 1 aromatic carbocycles. The summed E-state index contributed by atoms with van der Waals surface area (Å²) in [6.07, 6.45) is 1.59. The van der Waals surface area contributed by atoms with Gasteiger partial charge in [-0.2, -0.15) is 5.10 Å². The maximum atomic E-state index is 13.1. The van der Waals surface area contributed by atoms with Gasteiger partial charge in [0.25, 0.3) is 0 Å². The molecule has 0 saturated carbocycles. The number of halogens is 1. The SMILES string of the molecule is Cc1cc(C)n(-c2cc(NCCNC(=O)[C@H]3CC(=O)N(c4ccc(F)cc4)C3)ncn2)n1. The highest BCUT2D eigenvalue weighted by Gasteiger charge is 2.34. The van der Waals surface area contributed by atoms with Crippen LogP contribution >= 0.6 is 0 Å². The van der Waals surface area contributed by atoms with Gasteiger partial charge in [-0.25, -0.2) is 19.0 Å². The molecule has 2 amide bonds. The number of carbonyl (C=O) groups is 2. The predicted octanol–water partition coefficient (Wildman–Crippen LogP) is 2.00. The van der Waals surface area contributed by atoms with Crippen LogP contribution in [0.1, 0.15) is 17.8 Å². The van der Waals surface area contributed by atoms with Gasteiger partial charge in [-0.15, -0.1) is 0 Å². The van der Waals surface area contributed by atoms with Gasteiger partial charge in [0.05, 0.1) is 11.6 Å². The monoisotopic (exact) mass is 437 g/mol. The van der Waals surface area contributed by atoms with Gasteiger partial charge in [-0.05, 0) is 44.2 Å². The molecule has 0 unspecified atom stereocenters. The van der Waals surface area contributed by atoms with Gasteiger partial charge < -0.3 is 15.5 Å². The van der Waals surface area contributed by atoms with Crippen LogP contribution in [0.25, 0.3) is 5.82 Å². The van der Waals surface area contributed by atoms with E-state index in [1.807, 2.05) is 19.9 Å². The van der Waals surface area contributed by atoms with Gasteiger partial charge in [0.15, 0.2) is 5.82 Å². The summed E-state index contributed by atoms with van der Waals surface area (Å²) >= 11 is 0. The molecule has 0 spiro atoms. The topological polar surface area (TPSA) is 105 Å². The van der Waals surface area contributed by atoms with Crippen LogP contribution in [0.2, 0.25) is 0 Å². The van der Waals surface area contributed by atoms with Crippen molar-refractivity contribution in [2.75, 3.05) is 29.9 Å². The van der Waals surface area contributed by atoms with E-state index in [0.29, 0.717) is 30.4 Å². The van der Waals surface area contributed by atoms with Crippen LogP contribution in [-0.4, -0.2) is 51.2 Å². The average Bonchev–Trinajstić information content (AvgIpc) is 3.33. The van der Waals surface area contributed by atoms with E-state index in [4.69, 9.17) is 0 Å². The fourth-order valence-corrected chi connectivity index (χ4v) is 3.69. The van der Waals surface area contributed by atoms with E-state index in [2.05, 4.69) is 25.7 Å². The van der Waals surface area contributed by atoms with E-state index < -0.39 is 5.92 Å². The van der Waals surface area contributed by atoms with Crippen molar-refractivity contribution in [1.29, 1.82) is 0 Å². The zero-order chi connectivity index (χ0) is 22.7. The first kappa shape index (κ1) is 21.4. The predicted molar refractivity (Wildman–Crippen MR) is 117 cm³/mol. The van der Waals surface area contributed by atoms with Crippen LogP contribution in [0, 0.1) is 25.6 Å². The molecular weight excluding hydrogens is 413 g/mol. The minimum atomic E-state index is -0.441. The quantitative estimate of drug-likeness (QED) is 0.548. The van der Waals surface area contributed by atoms with Crippen LogP contribution in [0.4, 0.5) is 15.9 Å². The first-order chi connectivity index (χ1) is 15.4. The highest BCUT2D eigenvalue weighted by Crippen LogP contribution is 2.25. The molecular formula is C22H24FN7O2. The smallest absolute Gasteiger partial charge is 0.227 e. The van der Waals surface area contributed by atoms with Crippen LogP contribution < -0.4 is 15.5 Å². The molecule has 3 heterocycles. The van der Waals surface area contributed by atoms with Gasteiger partial charge in [-0.1, -0.05) is 0 Å². The van der Waals surface area contributed by atoms with Crippen molar-refractivity contribution in [2.24, 2.45) is 5.92 Å². The van der Waals surface area contributed by atoms with Crippen molar-refractivity contribution in [3.8, 4) is 5.82 Å². The highest BCUT2D eigenvalue weighted by molar-refractivity contribution is 6.00. The largest absolute Gasteiger partial charge is 0.368 e. The number of anilines is 2. The van der Waals surface area contributed by atoms with E-state index >= 15 is 0 Å². The summed E-state index contributed by atoms with van der Waals surface area (Å²) in [5.74, 6) is 0.137. The second-order valence-electron chi connectivity index (χ2n) is 7.70. The molecule has 3 aromatic rings. The number of carbonyl (C=O) groups excluding carboxylic acids is 2. The van der Waals surface area contributed by atoms with Gasteiger partial charge in [0.1, 0.15) is 18.0 Å². The number of aromatic nitrogens is 4. The maximum Gasteiger partial charge on any atom is 0.227 e. The summed E-state index contributed by atoms with van der Waals surface area (Å²) < 4.78 is 14.9. The van der Waals surface area contributed by atoms with Crippen molar-refractivity contribution in [2.45, 2.75) is 20.3 Å². The Morgan fingerprint density at radius 2 is 1.94 bits per heavy atom. The van der Waals surface area contributed by atoms with Crippen molar-refractivity contribution in [3.63, 3.8) is 0 Å². The number of nitrogens with zero attached hydrogens (tertiary/aromatic N) is 5.